The summed E-state index contributed by atoms with van der Waals surface area (Å²) in [6.45, 7) is 2.20. The number of hydrogen-bond acceptors (Lipinski definition) is 2. The molecule has 0 aliphatic heterocycles. The lowest BCUT2D eigenvalue weighted by Gasteiger charge is -2.18. The second-order valence-corrected chi connectivity index (χ2v) is 6.15. The second-order valence-electron chi connectivity index (χ2n) is 4.90. The molecule has 0 saturated carbocycles. The van der Waals surface area contributed by atoms with E-state index in [0.29, 0.717) is 33.8 Å². The zero-order valence-corrected chi connectivity index (χ0v) is 14.8. The molecule has 1 unspecified atom stereocenters. The van der Waals surface area contributed by atoms with Crippen LogP contribution in [0.15, 0.2) is 42.5 Å². The molecule has 2 aromatic carbocycles. The third-order valence-corrected chi connectivity index (χ3v) is 4.14. The van der Waals surface area contributed by atoms with E-state index in [2.05, 4.69) is 5.32 Å². The Hall–Kier alpha value is -1.42. The summed E-state index contributed by atoms with van der Waals surface area (Å²) in [6.07, 6.45) is -0.135. The standard InChI is InChI=1S/C17H16Cl3NO2/c1-2-15(23-16-8-7-12(18)9-14(16)20)17(22)21-10-11-5-3-4-6-13(11)19/h3-9,15H,2,10H2,1H3,(H,21,22). The van der Waals surface area contributed by atoms with Crippen LogP contribution in [0.3, 0.4) is 0 Å². The topological polar surface area (TPSA) is 38.3 Å². The number of ether oxygens (including phenoxy) is 1. The second kappa shape index (κ2) is 8.44. The van der Waals surface area contributed by atoms with E-state index < -0.39 is 6.10 Å². The number of carbonyl (C=O) groups excluding carboxylic acids is 1. The Balaban J connectivity index is 2.00. The zero-order valence-electron chi connectivity index (χ0n) is 12.5. The van der Waals surface area contributed by atoms with Gasteiger partial charge in [-0.2, -0.15) is 0 Å². The quantitative estimate of drug-likeness (QED) is 0.764. The van der Waals surface area contributed by atoms with Gasteiger partial charge < -0.3 is 10.1 Å². The molecule has 0 aromatic heterocycles. The van der Waals surface area contributed by atoms with Crippen molar-refractivity contribution >= 4 is 40.7 Å². The minimum atomic E-state index is -0.642. The molecule has 0 saturated heterocycles. The van der Waals surface area contributed by atoms with Gasteiger partial charge in [0, 0.05) is 16.6 Å². The lowest BCUT2D eigenvalue weighted by Crippen LogP contribution is -2.37. The van der Waals surface area contributed by atoms with Crippen molar-refractivity contribution in [2.45, 2.75) is 26.0 Å². The summed E-state index contributed by atoms with van der Waals surface area (Å²) < 4.78 is 5.69. The molecule has 0 spiro atoms. The fraction of sp³-hybridized carbons (Fsp3) is 0.235. The van der Waals surface area contributed by atoms with E-state index in [1.165, 1.54) is 0 Å². The Morgan fingerprint density at radius 1 is 1.13 bits per heavy atom. The molecule has 1 atom stereocenters. The minimum absolute atomic E-state index is 0.224. The number of carbonyl (C=O) groups is 1. The van der Waals surface area contributed by atoms with Gasteiger partial charge in [0.15, 0.2) is 6.10 Å². The van der Waals surface area contributed by atoms with E-state index in [1.54, 1.807) is 24.3 Å². The van der Waals surface area contributed by atoms with Gasteiger partial charge in [0.1, 0.15) is 5.75 Å². The van der Waals surface area contributed by atoms with Gasteiger partial charge in [0.2, 0.25) is 0 Å². The first-order valence-corrected chi connectivity index (χ1v) is 8.27. The van der Waals surface area contributed by atoms with Crippen molar-refractivity contribution < 1.29 is 9.53 Å². The van der Waals surface area contributed by atoms with Crippen LogP contribution in [0.5, 0.6) is 5.75 Å². The Bertz CT molecular complexity index is 691. The largest absolute Gasteiger partial charge is 0.479 e. The van der Waals surface area contributed by atoms with E-state index in [4.69, 9.17) is 39.5 Å². The maximum atomic E-state index is 12.3. The molecular weight excluding hydrogens is 357 g/mol. The summed E-state index contributed by atoms with van der Waals surface area (Å²) in [5, 5.41) is 4.32. The summed E-state index contributed by atoms with van der Waals surface area (Å²) in [4.78, 5) is 12.3. The van der Waals surface area contributed by atoms with Crippen molar-refractivity contribution in [3.63, 3.8) is 0 Å². The van der Waals surface area contributed by atoms with Gasteiger partial charge in [0.25, 0.3) is 5.91 Å². The molecule has 2 aromatic rings. The summed E-state index contributed by atoms with van der Waals surface area (Å²) in [5.41, 5.74) is 0.849. The van der Waals surface area contributed by atoms with Crippen molar-refractivity contribution in [2.24, 2.45) is 0 Å². The molecule has 122 valence electrons. The normalized spacial score (nSPS) is 11.8. The highest BCUT2D eigenvalue weighted by atomic mass is 35.5. The molecule has 0 aliphatic carbocycles. The van der Waals surface area contributed by atoms with Crippen molar-refractivity contribution in [2.75, 3.05) is 0 Å². The average molecular weight is 373 g/mol. The smallest absolute Gasteiger partial charge is 0.261 e. The van der Waals surface area contributed by atoms with Crippen molar-refractivity contribution in [1.82, 2.24) is 5.32 Å². The predicted octanol–water partition coefficient (Wildman–Crippen LogP) is 5.12. The lowest BCUT2D eigenvalue weighted by molar-refractivity contribution is -0.128. The fourth-order valence-electron chi connectivity index (χ4n) is 1.98. The highest BCUT2D eigenvalue weighted by molar-refractivity contribution is 6.35. The monoisotopic (exact) mass is 371 g/mol. The van der Waals surface area contributed by atoms with Gasteiger partial charge in [-0.1, -0.05) is 59.9 Å². The van der Waals surface area contributed by atoms with Gasteiger partial charge >= 0.3 is 0 Å². The third kappa shape index (κ3) is 5.03. The maximum Gasteiger partial charge on any atom is 0.261 e. The molecular formula is C17H16Cl3NO2. The molecule has 1 N–H and O–H groups in total. The van der Waals surface area contributed by atoms with Gasteiger partial charge in [-0.3, -0.25) is 4.79 Å². The number of amides is 1. The van der Waals surface area contributed by atoms with Crippen molar-refractivity contribution in [3.05, 3.63) is 63.1 Å². The molecule has 0 bridgehead atoms. The summed E-state index contributed by atoms with van der Waals surface area (Å²) in [6, 6.07) is 12.2. The first-order chi connectivity index (χ1) is 11.0. The van der Waals surface area contributed by atoms with E-state index in [-0.39, 0.29) is 5.91 Å². The first-order valence-electron chi connectivity index (χ1n) is 7.14. The number of halogens is 3. The van der Waals surface area contributed by atoms with Crippen LogP contribution in [-0.2, 0) is 11.3 Å². The Labute approximate surface area is 150 Å². The maximum absolute atomic E-state index is 12.3. The highest BCUT2D eigenvalue weighted by Gasteiger charge is 2.19. The molecule has 2 rings (SSSR count). The minimum Gasteiger partial charge on any atom is -0.479 e. The Morgan fingerprint density at radius 3 is 2.52 bits per heavy atom. The van der Waals surface area contributed by atoms with Crippen LogP contribution in [-0.4, -0.2) is 12.0 Å². The molecule has 3 nitrogen and oxygen atoms in total. The first kappa shape index (κ1) is 17.9. The van der Waals surface area contributed by atoms with Gasteiger partial charge in [0.05, 0.1) is 5.02 Å². The van der Waals surface area contributed by atoms with Crippen LogP contribution in [0.25, 0.3) is 0 Å². The summed E-state index contributed by atoms with van der Waals surface area (Å²) in [7, 11) is 0. The van der Waals surface area contributed by atoms with Crippen LogP contribution in [0, 0.1) is 0 Å². The van der Waals surface area contributed by atoms with Crippen LogP contribution < -0.4 is 10.1 Å². The van der Waals surface area contributed by atoms with Crippen LogP contribution in [0.2, 0.25) is 15.1 Å². The van der Waals surface area contributed by atoms with Crippen molar-refractivity contribution in [3.8, 4) is 5.75 Å². The SMILES string of the molecule is CCC(Oc1ccc(Cl)cc1Cl)C(=O)NCc1ccccc1Cl. The lowest BCUT2D eigenvalue weighted by atomic mass is 10.2. The van der Waals surface area contributed by atoms with Gasteiger partial charge in [-0.25, -0.2) is 0 Å². The van der Waals surface area contributed by atoms with Crippen LogP contribution in [0.1, 0.15) is 18.9 Å². The number of benzene rings is 2. The molecule has 0 radical (unpaired) electrons. The predicted molar refractivity (Wildman–Crippen MR) is 94.5 cm³/mol. The summed E-state index contributed by atoms with van der Waals surface area (Å²) >= 11 is 18.0. The number of nitrogens with one attached hydrogen (secondary N) is 1. The highest BCUT2D eigenvalue weighted by Crippen LogP contribution is 2.28. The molecule has 0 fully saturated rings. The Morgan fingerprint density at radius 2 is 1.87 bits per heavy atom. The zero-order chi connectivity index (χ0) is 16.8. The van der Waals surface area contributed by atoms with E-state index in [1.807, 2.05) is 25.1 Å². The molecule has 0 aliphatic rings. The third-order valence-electron chi connectivity index (χ3n) is 3.24. The van der Waals surface area contributed by atoms with Crippen LogP contribution >= 0.6 is 34.8 Å². The molecule has 1 amide bonds. The van der Waals surface area contributed by atoms with Gasteiger partial charge in [-0.15, -0.1) is 0 Å². The molecule has 23 heavy (non-hydrogen) atoms. The van der Waals surface area contributed by atoms with Crippen molar-refractivity contribution in [1.29, 1.82) is 0 Å². The molecule has 0 heterocycles. The van der Waals surface area contributed by atoms with E-state index in [0.717, 1.165) is 5.56 Å². The fourth-order valence-corrected chi connectivity index (χ4v) is 2.64. The number of hydrogen-bond donors (Lipinski definition) is 1. The van der Waals surface area contributed by atoms with Crippen LogP contribution in [0.4, 0.5) is 0 Å². The Kier molecular flexibility index (Phi) is 6.58. The number of rotatable bonds is 6. The van der Waals surface area contributed by atoms with E-state index >= 15 is 0 Å². The summed E-state index contributed by atoms with van der Waals surface area (Å²) in [5.74, 6) is 0.203. The molecule has 6 heteroatoms. The average Bonchev–Trinajstić information content (AvgIpc) is 2.53. The van der Waals surface area contributed by atoms with Gasteiger partial charge in [-0.05, 0) is 36.2 Å². The van der Waals surface area contributed by atoms with E-state index in [9.17, 15) is 4.79 Å².